The second-order valence-corrected chi connectivity index (χ2v) is 7.35. The molecule has 2 aromatic heterocycles. The van der Waals surface area contributed by atoms with Crippen molar-refractivity contribution >= 4 is 11.0 Å². The molecule has 0 unspecified atom stereocenters. The van der Waals surface area contributed by atoms with Crippen LogP contribution in [0.5, 0.6) is 5.75 Å². The average molecular weight is 375 g/mol. The zero-order valence-electron chi connectivity index (χ0n) is 16.0. The SMILES string of the molecule is Cc1cccc(Cn2cc(C(C)(C)Oc3ccc4c(=O)ccoc4c3)nn2)c1. The summed E-state index contributed by atoms with van der Waals surface area (Å²) in [4.78, 5) is 11.8. The number of fused-ring (bicyclic) bond motifs is 1. The van der Waals surface area contributed by atoms with Gasteiger partial charge in [0.05, 0.1) is 24.4 Å². The molecule has 0 N–H and O–H groups in total. The van der Waals surface area contributed by atoms with Gasteiger partial charge in [0.15, 0.2) is 5.43 Å². The molecule has 0 atom stereocenters. The number of nitrogens with zero attached hydrogens (tertiary/aromatic N) is 3. The van der Waals surface area contributed by atoms with Crippen molar-refractivity contribution in [3.63, 3.8) is 0 Å². The van der Waals surface area contributed by atoms with Gasteiger partial charge in [-0.15, -0.1) is 5.10 Å². The van der Waals surface area contributed by atoms with Gasteiger partial charge in [0.2, 0.25) is 0 Å². The smallest absolute Gasteiger partial charge is 0.192 e. The highest BCUT2D eigenvalue weighted by molar-refractivity contribution is 5.77. The average Bonchev–Trinajstić information content (AvgIpc) is 3.11. The molecule has 6 heteroatoms. The molecule has 0 aliphatic rings. The molecule has 4 rings (SSSR count). The van der Waals surface area contributed by atoms with Crippen molar-refractivity contribution in [2.75, 3.05) is 0 Å². The molecule has 0 fully saturated rings. The highest BCUT2D eigenvalue weighted by Crippen LogP contribution is 2.28. The monoisotopic (exact) mass is 375 g/mol. The van der Waals surface area contributed by atoms with Gasteiger partial charge in [-0.2, -0.15) is 0 Å². The second kappa shape index (κ2) is 6.96. The van der Waals surface area contributed by atoms with E-state index in [2.05, 4.69) is 35.4 Å². The van der Waals surface area contributed by atoms with E-state index in [1.54, 1.807) is 22.9 Å². The van der Waals surface area contributed by atoms with Crippen LogP contribution in [-0.2, 0) is 12.1 Å². The summed E-state index contributed by atoms with van der Waals surface area (Å²) in [6, 6.07) is 14.9. The van der Waals surface area contributed by atoms with E-state index in [1.165, 1.54) is 23.5 Å². The van der Waals surface area contributed by atoms with E-state index in [4.69, 9.17) is 9.15 Å². The summed E-state index contributed by atoms with van der Waals surface area (Å²) in [5.41, 5.74) is 2.81. The van der Waals surface area contributed by atoms with Crippen LogP contribution >= 0.6 is 0 Å². The Balaban J connectivity index is 1.55. The Morgan fingerprint density at radius 1 is 1.14 bits per heavy atom. The zero-order valence-corrected chi connectivity index (χ0v) is 16.0. The molecule has 0 spiro atoms. The van der Waals surface area contributed by atoms with Gasteiger partial charge in [0.1, 0.15) is 22.6 Å². The van der Waals surface area contributed by atoms with Crippen LogP contribution in [0.4, 0.5) is 0 Å². The summed E-state index contributed by atoms with van der Waals surface area (Å²) >= 11 is 0. The molecule has 2 aromatic carbocycles. The fourth-order valence-electron chi connectivity index (χ4n) is 3.12. The van der Waals surface area contributed by atoms with Crippen molar-refractivity contribution in [3.8, 4) is 5.75 Å². The molecule has 2 heterocycles. The molecule has 28 heavy (non-hydrogen) atoms. The van der Waals surface area contributed by atoms with Crippen LogP contribution in [0.3, 0.4) is 0 Å². The minimum Gasteiger partial charge on any atom is -0.481 e. The van der Waals surface area contributed by atoms with E-state index in [0.29, 0.717) is 23.3 Å². The van der Waals surface area contributed by atoms with Crippen molar-refractivity contribution in [3.05, 3.63) is 88.0 Å². The number of benzene rings is 2. The third-order valence-corrected chi connectivity index (χ3v) is 4.59. The minimum absolute atomic E-state index is 0.0776. The van der Waals surface area contributed by atoms with E-state index in [-0.39, 0.29) is 5.43 Å². The van der Waals surface area contributed by atoms with Gasteiger partial charge in [0.25, 0.3) is 0 Å². The lowest BCUT2D eigenvalue weighted by molar-refractivity contribution is 0.104. The number of ether oxygens (including phenoxy) is 1. The number of hydrogen-bond donors (Lipinski definition) is 0. The summed E-state index contributed by atoms with van der Waals surface area (Å²) < 4.78 is 13.4. The van der Waals surface area contributed by atoms with E-state index in [9.17, 15) is 4.79 Å². The van der Waals surface area contributed by atoms with Gasteiger partial charge in [0, 0.05) is 12.1 Å². The van der Waals surface area contributed by atoms with Crippen molar-refractivity contribution in [1.82, 2.24) is 15.0 Å². The predicted molar refractivity (Wildman–Crippen MR) is 106 cm³/mol. The Hall–Kier alpha value is -3.41. The summed E-state index contributed by atoms with van der Waals surface area (Å²) in [7, 11) is 0. The number of rotatable bonds is 5. The maximum Gasteiger partial charge on any atom is 0.192 e. The van der Waals surface area contributed by atoms with Crippen molar-refractivity contribution in [1.29, 1.82) is 0 Å². The molecule has 0 bridgehead atoms. The molecule has 4 aromatic rings. The summed E-state index contributed by atoms with van der Waals surface area (Å²) in [6.45, 7) is 6.57. The number of aromatic nitrogens is 3. The molecule has 0 aliphatic heterocycles. The highest BCUT2D eigenvalue weighted by atomic mass is 16.5. The van der Waals surface area contributed by atoms with Crippen molar-refractivity contribution in [2.24, 2.45) is 0 Å². The van der Waals surface area contributed by atoms with E-state index >= 15 is 0 Å². The third-order valence-electron chi connectivity index (χ3n) is 4.59. The van der Waals surface area contributed by atoms with Gasteiger partial charge in [-0.1, -0.05) is 35.0 Å². The van der Waals surface area contributed by atoms with Crippen LogP contribution in [-0.4, -0.2) is 15.0 Å². The van der Waals surface area contributed by atoms with Gasteiger partial charge >= 0.3 is 0 Å². The molecule has 142 valence electrons. The number of aryl methyl sites for hydroxylation is 1. The summed E-state index contributed by atoms with van der Waals surface area (Å²) in [6.07, 6.45) is 3.28. The Labute approximate surface area is 162 Å². The predicted octanol–water partition coefficient (Wildman–Crippen LogP) is 4.06. The second-order valence-electron chi connectivity index (χ2n) is 7.35. The van der Waals surface area contributed by atoms with Crippen LogP contribution in [0, 0.1) is 6.92 Å². The lowest BCUT2D eigenvalue weighted by atomic mass is 10.1. The molecule has 6 nitrogen and oxygen atoms in total. The Bertz CT molecular complexity index is 1190. The van der Waals surface area contributed by atoms with Gasteiger partial charge < -0.3 is 9.15 Å². The number of hydrogen-bond acceptors (Lipinski definition) is 5. The van der Waals surface area contributed by atoms with Crippen LogP contribution < -0.4 is 10.2 Å². The zero-order chi connectivity index (χ0) is 19.7. The fraction of sp³-hybridized carbons (Fsp3) is 0.227. The molecule has 0 radical (unpaired) electrons. The first-order chi connectivity index (χ1) is 13.4. The quantitative estimate of drug-likeness (QED) is 0.526. The topological polar surface area (TPSA) is 70.2 Å². The molecule has 0 saturated carbocycles. The third kappa shape index (κ3) is 3.67. The van der Waals surface area contributed by atoms with Crippen LogP contribution in [0.15, 0.2) is 70.2 Å². The minimum atomic E-state index is -0.701. The molecular weight excluding hydrogens is 354 g/mol. The van der Waals surface area contributed by atoms with E-state index in [0.717, 1.165) is 5.69 Å². The lowest BCUT2D eigenvalue weighted by Gasteiger charge is -2.24. The van der Waals surface area contributed by atoms with Crippen LogP contribution in [0.1, 0.15) is 30.7 Å². The molecular formula is C22H21N3O3. The van der Waals surface area contributed by atoms with E-state index < -0.39 is 5.60 Å². The molecule has 0 amide bonds. The van der Waals surface area contributed by atoms with E-state index in [1.807, 2.05) is 26.1 Å². The maximum absolute atomic E-state index is 11.8. The normalized spacial score (nSPS) is 11.7. The Kier molecular flexibility index (Phi) is 4.47. The maximum atomic E-state index is 11.8. The standard InChI is InChI=1S/C22H21N3O3/c1-15-5-4-6-16(11-15)13-25-14-21(23-24-25)22(2,3)28-17-7-8-18-19(26)9-10-27-20(18)12-17/h4-12,14H,13H2,1-3H3. The Morgan fingerprint density at radius 3 is 2.82 bits per heavy atom. The summed E-state index contributed by atoms with van der Waals surface area (Å²) in [5.74, 6) is 0.597. The summed E-state index contributed by atoms with van der Waals surface area (Å²) in [5, 5.41) is 9.06. The molecule has 0 aliphatic carbocycles. The highest BCUT2D eigenvalue weighted by Gasteiger charge is 2.27. The first kappa shape index (κ1) is 18.0. The first-order valence-electron chi connectivity index (χ1n) is 9.07. The van der Waals surface area contributed by atoms with Gasteiger partial charge in [-0.25, -0.2) is 4.68 Å². The van der Waals surface area contributed by atoms with Crippen LogP contribution in [0.25, 0.3) is 11.0 Å². The molecule has 0 saturated heterocycles. The van der Waals surface area contributed by atoms with Crippen molar-refractivity contribution in [2.45, 2.75) is 32.9 Å². The largest absolute Gasteiger partial charge is 0.481 e. The van der Waals surface area contributed by atoms with Gasteiger partial charge in [-0.3, -0.25) is 4.79 Å². The van der Waals surface area contributed by atoms with Crippen LogP contribution in [0.2, 0.25) is 0 Å². The van der Waals surface area contributed by atoms with Gasteiger partial charge in [-0.05, 0) is 38.5 Å². The lowest BCUT2D eigenvalue weighted by Crippen LogP contribution is -2.25. The first-order valence-corrected chi connectivity index (χ1v) is 9.07. The Morgan fingerprint density at radius 2 is 2.00 bits per heavy atom. The van der Waals surface area contributed by atoms with Crippen molar-refractivity contribution < 1.29 is 9.15 Å². The fourth-order valence-corrected chi connectivity index (χ4v) is 3.12.